The zero-order valence-electron chi connectivity index (χ0n) is 11.0. The Morgan fingerprint density at radius 1 is 1.28 bits per heavy atom. The first-order chi connectivity index (χ1) is 8.78. The van der Waals surface area contributed by atoms with Crippen LogP contribution in [0.4, 0.5) is 0 Å². The summed E-state index contributed by atoms with van der Waals surface area (Å²) >= 11 is 0. The highest BCUT2D eigenvalue weighted by Gasteiger charge is 2.32. The van der Waals surface area contributed by atoms with Gasteiger partial charge in [0, 0.05) is 19.6 Å². The highest BCUT2D eigenvalue weighted by atomic mass is 15.1. The number of nitriles is 1. The number of benzene rings is 1. The second-order valence-electron chi connectivity index (χ2n) is 5.02. The lowest BCUT2D eigenvalue weighted by Gasteiger charge is -2.37. The minimum atomic E-state index is -0.288. The average Bonchev–Trinajstić information content (AvgIpc) is 2.47. The van der Waals surface area contributed by atoms with Crippen LogP contribution in [0.5, 0.6) is 0 Å². The third-order valence-electron chi connectivity index (χ3n) is 3.96. The van der Waals surface area contributed by atoms with Crippen molar-refractivity contribution >= 4 is 0 Å². The monoisotopic (exact) mass is 243 g/mol. The molecule has 1 N–H and O–H groups in total. The summed E-state index contributed by atoms with van der Waals surface area (Å²) in [6.07, 6.45) is 2.95. The quantitative estimate of drug-likeness (QED) is 0.876. The molecular weight excluding hydrogens is 222 g/mol. The Morgan fingerprint density at radius 3 is 2.50 bits per heavy atom. The first kappa shape index (κ1) is 13.1. The molecule has 1 aromatic rings. The fourth-order valence-corrected chi connectivity index (χ4v) is 2.51. The minimum Gasteiger partial charge on any atom is -0.303 e. The standard InChI is InChI=1S/C15H21N3/c1-17-15(13-16)8-11-18(12-9-15)10-7-14-5-3-2-4-6-14/h2-6,17H,7-12H2,1H3. The largest absolute Gasteiger partial charge is 0.303 e. The third-order valence-corrected chi connectivity index (χ3v) is 3.96. The van der Waals surface area contributed by atoms with E-state index in [9.17, 15) is 5.26 Å². The van der Waals surface area contributed by atoms with Crippen molar-refractivity contribution in [1.82, 2.24) is 10.2 Å². The van der Waals surface area contributed by atoms with Crippen molar-refractivity contribution in [3.05, 3.63) is 35.9 Å². The molecule has 1 aliphatic heterocycles. The number of nitrogens with zero attached hydrogens (tertiary/aromatic N) is 2. The lowest BCUT2D eigenvalue weighted by molar-refractivity contribution is 0.174. The van der Waals surface area contributed by atoms with E-state index < -0.39 is 0 Å². The molecule has 0 bridgehead atoms. The molecule has 18 heavy (non-hydrogen) atoms. The Labute approximate surface area is 109 Å². The van der Waals surface area contributed by atoms with Gasteiger partial charge in [-0.15, -0.1) is 0 Å². The van der Waals surface area contributed by atoms with Gasteiger partial charge in [0.1, 0.15) is 5.54 Å². The summed E-state index contributed by atoms with van der Waals surface area (Å²) in [7, 11) is 1.89. The molecule has 0 amide bonds. The van der Waals surface area contributed by atoms with E-state index in [0.29, 0.717) is 0 Å². The number of rotatable bonds is 4. The van der Waals surface area contributed by atoms with Crippen molar-refractivity contribution in [3.63, 3.8) is 0 Å². The van der Waals surface area contributed by atoms with Crippen LogP contribution >= 0.6 is 0 Å². The second-order valence-corrected chi connectivity index (χ2v) is 5.02. The fraction of sp³-hybridized carbons (Fsp3) is 0.533. The van der Waals surface area contributed by atoms with Gasteiger partial charge in [-0.2, -0.15) is 5.26 Å². The number of nitrogens with one attached hydrogen (secondary N) is 1. The summed E-state index contributed by atoms with van der Waals surface area (Å²) in [4.78, 5) is 2.46. The maximum atomic E-state index is 9.20. The first-order valence-corrected chi connectivity index (χ1v) is 6.64. The molecule has 0 aliphatic carbocycles. The molecule has 0 aromatic heterocycles. The van der Waals surface area contributed by atoms with Crippen LogP contribution in [0.25, 0.3) is 0 Å². The average molecular weight is 243 g/mol. The predicted octanol–water partition coefficient (Wildman–Crippen LogP) is 1.81. The summed E-state index contributed by atoms with van der Waals surface area (Å²) in [5.74, 6) is 0. The van der Waals surface area contributed by atoms with E-state index >= 15 is 0 Å². The van der Waals surface area contributed by atoms with E-state index in [-0.39, 0.29) is 5.54 Å². The molecule has 1 heterocycles. The van der Waals surface area contributed by atoms with Gasteiger partial charge in [-0.3, -0.25) is 0 Å². The smallest absolute Gasteiger partial charge is 0.108 e. The summed E-state index contributed by atoms with van der Waals surface area (Å²) in [6, 6.07) is 13.0. The van der Waals surface area contributed by atoms with Crippen molar-refractivity contribution in [1.29, 1.82) is 5.26 Å². The first-order valence-electron chi connectivity index (χ1n) is 6.64. The number of hydrogen-bond acceptors (Lipinski definition) is 3. The number of piperidine rings is 1. The Morgan fingerprint density at radius 2 is 1.94 bits per heavy atom. The Bertz CT molecular complexity index is 399. The molecule has 1 aromatic carbocycles. The highest BCUT2D eigenvalue weighted by Crippen LogP contribution is 2.21. The molecule has 0 spiro atoms. The highest BCUT2D eigenvalue weighted by molar-refractivity contribution is 5.15. The second kappa shape index (κ2) is 5.99. The van der Waals surface area contributed by atoms with Gasteiger partial charge in [-0.25, -0.2) is 0 Å². The van der Waals surface area contributed by atoms with Crippen LogP contribution in [0, 0.1) is 11.3 Å². The van der Waals surface area contributed by atoms with Crippen LogP contribution < -0.4 is 5.32 Å². The van der Waals surface area contributed by atoms with Crippen molar-refractivity contribution < 1.29 is 0 Å². The normalized spacial score (nSPS) is 19.3. The van der Waals surface area contributed by atoms with E-state index in [2.05, 4.69) is 46.6 Å². The topological polar surface area (TPSA) is 39.1 Å². The molecule has 0 unspecified atom stereocenters. The lowest BCUT2D eigenvalue weighted by Crippen LogP contribution is -2.51. The minimum absolute atomic E-state index is 0.288. The number of likely N-dealkylation sites (tertiary alicyclic amines) is 1. The molecule has 1 saturated heterocycles. The third kappa shape index (κ3) is 3.10. The van der Waals surface area contributed by atoms with E-state index in [4.69, 9.17) is 0 Å². The van der Waals surface area contributed by atoms with Gasteiger partial charge in [0.2, 0.25) is 0 Å². The number of hydrogen-bond donors (Lipinski definition) is 1. The van der Waals surface area contributed by atoms with Gasteiger partial charge in [-0.1, -0.05) is 30.3 Å². The van der Waals surface area contributed by atoms with Crippen molar-refractivity contribution in [2.45, 2.75) is 24.8 Å². The van der Waals surface area contributed by atoms with Crippen LogP contribution in [0.3, 0.4) is 0 Å². The van der Waals surface area contributed by atoms with Crippen LogP contribution in [-0.4, -0.2) is 37.1 Å². The molecule has 2 rings (SSSR count). The fourth-order valence-electron chi connectivity index (χ4n) is 2.51. The van der Waals surface area contributed by atoms with Crippen LogP contribution in [0.15, 0.2) is 30.3 Å². The zero-order valence-corrected chi connectivity index (χ0v) is 11.0. The van der Waals surface area contributed by atoms with Gasteiger partial charge in [0.15, 0.2) is 0 Å². The molecule has 3 heteroatoms. The van der Waals surface area contributed by atoms with Crippen molar-refractivity contribution in [2.24, 2.45) is 0 Å². The van der Waals surface area contributed by atoms with Crippen molar-refractivity contribution in [2.75, 3.05) is 26.7 Å². The summed E-state index contributed by atoms with van der Waals surface area (Å²) in [5, 5.41) is 12.4. The maximum absolute atomic E-state index is 9.20. The Balaban J connectivity index is 1.79. The molecule has 1 fully saturated rings. The van der Waals surface area contributed by atoms with E-state index in [1.54, 1.807) is 0 Å². The Hall–Kier alpha value is -1.37. The van der Waals surface area contributed by atoms with E-state index in [1.165, 1.54) is 5.56 Å². The molecule has 0 saturated carbocycles. The SMILES string of the molecule is CNC1(C#N)CCN(CCc2ccccc2)CC1. The van der Waals surface area contributed by atoms with Gasteiger partial charge < -0.3 is 10.2 Å². The van der Waals surface area contributed by atoms with Crippen LogP contribution in [-0.2, 0) is 6.42 Å². The van der Waals surface area contributed by atoms with Gasteiger partial charge in [0.05, 0.1) is 6.07 Å². The predicted molar refractivity (Wildman–Crippen MR) is 73.2 cm³/mol. The lowest BCUT2D eigenvalue weighted by atomic mass is 9.89. The van der Waals surface area contributed by atoms with Gasteiger partial charge in [-0.05, 0) is 31.9 Å². The zero-order chi connectivity index (χ0) is 12.8. The molecule has 0 atom stereocenters. The maximum Gasteiger partial charge on any atom is 0.108 e. The van der Waals surface area contributed by atoms with E-state index in [0.717, 1.165) is 38.9 Å². The Kier molecular flexibility index (Phi) is 4.35. The molecule has 0 radical (unpaired) electrons. The molecule has 3 nitrogen and oxygen atoms in total. The summed E-state index contributed by atoms with van der Waals surface area (Å²) < 4.78 is 0. The summed E-state index contributed by atoms with van der Waals surface area (Å²) in [6.45, 7) is 3.12. The molecule has 1 aliphatic rings. The van der Waals surface area contributed by atoms with E-state index in [1.807, 2.05) is 7.05 Å². The molecular formula is C15H21N3. The van der Waals surface area contributed by atoms with Crippen LogP contribution in [0.1, 0.15) is 18.4 Å². The molecule has 96 valence electrons. The summed E-state index contributed by atoms with van der Waals surface area (Å²) in [5.41, 5.74) is 1.10. The van der Waals surface area contributed by atoms with Gasteiger partial charge in [0.25, 0.3) is 0 Å². The van der Waals surface area contributed by atoms with Crippen LogP contribution in [0.2, 0.25) is 0 Å². The van der Waals surface area contributed by atoms with Gasteiger partial charge >= 0.3 is 0 Å². The van der Waals surface area contributed by atoms with Crippen molar-refractivity contribution in [3.8, 4) is 6.07 Å².